The molecule has 0 aromatic rings. The van der Waals surface area contributed by atoms with Crippen LogP contribution < -0.4 is 5.32 Å². The van der Waals surface area contributed by atoms with E-state index in [9.17, 15) is 14.7 Å². The van der Waals surface area contributed by atoms with Crippen LogP contribution in [-0.2, 0) is 14.3 Å². The van der Waals surface area contributed by atoms with E-state index in [2.05, 4.69) is 5.32 Å². The number of aliphatic carboxylic acids is 1. The van der Waals surface area contributed by atoms with Crippen LogP contribution in [0, 0.1) is 23.7 Å². The van der Waals surface area contributed by atoms with E-state index >= 15 is 0 Å². The van der Waals surface area contributed by atoms with Crippen molar-refractivity contribution in [3.8, 4) is 0 Å². The number of carboxylic acid groups (broad SMARTS) is 1. The molecule has 1 saturated heterocycles. The first-order valence-electron chi connectivity index (χ1n) is 7.79. The molecule has 0 radical (unpaired) electrons. The van der Waals surface area contributed by atoms with Crippen molar-refractivity contribution in [2.45, 2.75) is 44.6 Å². The molecule has 1 heterocycles. The maximum Gasteiger partial charge on any atom is 0.326 e. The summed E-state index contributed by atoms with van der Waals surface area (Å²) in [5, 5.41) is 12.2. The topological polar surface area (TPSA) is 75.6 Å². The number of ether oxygens (including phenoxy) is 1. The summed E-state index contributed by atoms with van der Waals surface area (Å²) in [7, 11) is 0. The Balaban J connectivity index is 1.58. The number of rotatable bonds is 4. The maximum atomic E-state index is 12.3. The lowest BCUT2D eigenvalue weighted by Gasteiger charge is -2.28. The quantitative estimate of drug-likeness (QED) is 0.817. The predicted octanol–water partition coefficient (Wildman–Crippen LogP) is 1.42. The minimum atomic E-state index is -0.933. The van der Waals surface area contributed by atoms with Gasteiger partial charge in [-0.05, 0) is 37.5 Å². The van der Waals surface area contributed by atoms with Gasteiger partial charge in [0.15, 0.2) is 0 Å². The van der Waals surface area contributed by atoms with E-state index in [4.69, 9.17) is 4.74 Å². The van der Waals surface area contributed by atoms with Crippen LogP contribution in [0.2, 0.25) is 0 Å². The second-order valence-corrected chi connectivity index (χ2v) is 6.44. The normalized spacial score (nSPS) is 37.6. The van der Waals surface area contributed by atoms with Gasteiger partial charge in [-0.3, -0.25) is 4.79 Å². The molecule has 0 aromatic carbocycles. The maximum absolute atomic E-state index is 12.3. The number of carboxylic acids is 1. The van der Waals surface area contributed by atoms with Crippen LogP contribution >= 0.6 is 0 Å². The molecule has 0 aromatic heterocycles. The van der Waals surface area contributed by atoms with Crippen LogP contribution in [0.1, 0.15) is 38.5 Å². The second-order valence-electron chi connectivity index (χ2n) is 6.44. The van der Waals surface area contributed by atoms with Crippen LogP contribution in [0.3, 0.4) is 0 Å². The summed E-state index contributed by atoms with van der Waals surface area (Å²) in [5.41, 5.74) is 0. The Bertz CT molecular complexity index is 379. The van der Waals surface area contributed by atoms with Crippen molar-refractivity contribution in [3.05, 3.63) is 0 Å². The monoisotopic (exact) mass is 281 g/mol. The lowest BCUT2D eigenvalue weighted by molar-refractivity contribution is -0.145. The van der Waals surface area contributed by atoms with E-state index in [0.29, 0.717) is 25.0 Å². The average molecular weight is 281 g/mol. The summed E-state index contributed by atoms with van der Waals surface area (Å²) >= 11 is 0. The van der Waals surface area contributed by atoms with Crippen LogP contribution in [0.25, 0.3) is 0 Å². The zero-order valence-electron chi connectivity index (χ0n) is 11.7. The first kappa shape index (κ1) is 13.9. The van der Waals surface area contributed by atoms with Crippen molar-refractivity contribution in [2.75, 3.05) is 13.2 Å². The zero-order chi connectivity index (χ0) is 14.1. The number of amides is 1. The summed E-state index contributed by atoms with van der Waals surface area (Å²) in [6.45, 7) is 1.14. The average Bonchev–Trinajstić information content (AvgIpc) is 3.19. The van der Waals surface area contributed by atoms with Gasteiger partial charge in [0.25, 0.3) is 0 Å². The molecular formula is C15H23NO4. The molecule has 2 saturated carbocycles. The molecule has 0 bridgehead atoms. The van der Waals surface area contributed by atoms with Gasteiger partial charge in [-0.1, -0.05) is 12.8 Å². The Labute approximate surface area is 119 Å². The molecule has 1 amide bonds. The van der Waals surface area contributed by atoms with Gasteiger partial charge in [0.2, 0.25) is 5.91 Å². The fraction of sp³-hybridized carbons (Fsp3) is 0.867. The predicted molar refractivity (Wildman–Crippen MR) is 72.0 cm³/mol. The molecule has 112 valence electrons. The van der Waals surface area contributed by atoms with Gasteiger partial charge in [-0.15, -0.1) is 0 Å². The van der Waals surface area contributed by atoms with Gasteiger partial charge in [0, 0.05) is 18.4 Å². The van der Waals surface area contributed by atoms with Crippen LogP contribution in [0.4, 0.5) is 0 Å². The van der Waals surface area contributed by atoms with Gasteiger partial charge in [-0.25, -0.2) is 4.79 Å². The number of nitrogens with one attached hydrogen (secondary N) is 1. The third-order valence-electron chi connectivity index (χ3n) is 5.19. The van der Waals surface area contributed by atoms with E-state index in [0.717, 1.165) is 25.7 Å². The third kappa shape index (κ3) is 2.68. The van der Waals surface area contributed by atoms with Crippen LogP contribution in [-0.4, -0.2) is 36.2 Å². The number of fused-ring (bicyclic) bond motifs is 1. The molecule has 5 nitrogen and oxygen atoms in total. The van der Waals surface area contributed by atoms with Gasteiger partial charge < -0.3 is 15.2 Å². The molecular weight excluding hydrogens is 258 g/mol. The van der Waals surface area contributed by atoms with E-state index in [-0.39, 0.29) is 17.7 Å². The molecule has 3 aliphatic rings. The highest BCUT2D eigenvalue weighted by molar-refractivity contribution is 5.87. The van der Waals surface area contributed by atoms with E-state index < -0.39 is 12.0 Å². The van der Waals surface area contributed by atoms with Crippen LogP contribution in [0.15, 0.2) is 0 Å². The summed E-state index contributed by atoms with van der Waals surface area (Å²) in [6, 6.07) is -0.787. The second kappa shape index (κ2) is 5.72. The van der Waals surface area contributed by atoms with Crippen LogP contribution in [0.5, 0.6) is 0 Å². The molecule has 2 aliphatic carbocycles. The molecule has 4 atom stereocenters. The Hall–Kier alpha value is -1.10. The number of hydrogen-bond donors (Lipinski definition) is 2. The van der Waals surface area contributed by atoms with Gasteiger partial charge in [0.1, 0.15) is 6.04 Å². The number of hydrogen-bond acceptors (Lipinski definition) is 3. The first-order valence-corrected chi connectivity index (χ1v) is 7.79. The highest BCUT2D eigenvalue weighted by Gasteiger charge is 2.55. The molecule has 5 heteroatoms. The summed E-state index contributed by atoms with van der Waals surface area (Å²) < 4.78 is 5.35. The molecule has 1 aliphatic heterocycles. The standard InChI is InChI=1S/C15H23NO4/c17-14(12-10-5-1-2-6-11(10)12)16-13(15(18)19)9-4-3-7-20-8-9/h9-13H,1-8H2,(H,16,17)(H,18,19). The largest absolute Gasteiger partial charge is 0.480 e. The Morgan fingerprint density at radius 2 is 1.80 bits per heavy atom. The molecule has 4 unspecified atom stereocenters. The summed E-state index contributed by atoms with van der Waals surface area (Å²) in [5.74, 6) is 0.0359. The van der Waals surface area contributed by atoms with Crippen molar-refractivity contribution in [2.24, 2.45) is 23.7 Å². The summed E-state index contributed by atoms with van der Waals surface area (Å²) in [4.78, 5) is 23.7. The van der Waals surface area contributed by atoms with E-state index in [1.165, 1.54) is 12.8 Å². The number of carbonyl (C=O) groups is 2. The van der Waals surface area contributed by atoms with Crippen molar-refractivity contribution < 1.29 is 19.4 Å². The lowest BCUT2D eigenvalue weighted by atomic mass is 9.93. The van der Waals surface area contributed by atoms with Crippen molar-refractivity contribution in [1.82, 2.24) is 5.32 Å². The zero-order valence-corrected chi connectivity index (χ0v) is 11.7. The van der Waals surface area contributed by atoms with Crippen molar-refractivity contribution in [1.29, 1.82) is 0 Å². The fourth-order valence-corrected chi connectivity index (χ4v) is 4.04. The van der Waals surface area contributed by atoms with Crippen molar-refractivity contribution >= 4 is 11.9 Å². The SMILES string of the molecule is O=C(O)C(NC(=O)C1C2CCCCC21)C1CCCOC1. The number of carbonyl (C=O) groups excluding carboxylic acids is 1. The van der Waals surface area contributed by atoms with Gasteiger partial charge in [-0.2, -0.15) is 0 Å². The Morgan fingerprint density at radius 3 is 2.35 bits per heavy atom. The molecule has 3 rings (SSSR count). The molecule has 3 fully saturated rings. The molecule has 20 heavy (non-hydrogen) atoms. The Morgan fingerprint density at radius 1 is 1.10 bits per heavy atom. The van der Waals surface area contributed by atoms with Gasteiger partial charge >= 0.3 is 5.97 Å². The van der Waals surface area contributed by atoms with Crippen molar-refractivity contribution in [3.63, 3.8) is 0 Å². The Kier molecular flexibility index (Phi) is 3.96. The highest BCUT2D eigenvalue weighted by Crippen LogP contribution is 2.55. The minimum absolute atomic E-state index is 0.0418. The summed E-state index contributed by atoms with van der Waals surface area (Å²) in [6.07, 6.45) is 6.38. The smallest absolute Gasteiger partial charge is 0.326 e. The fourth-order valence-electron chi connectivity index (χ4n) is 4.04. The highest BCUT2D eigenvalue weighted by atomic mass is 16.5. The lowest BCUT2D eigenvalue weighted by Crippen LogP contribution is -2.49. The first-order chi connectivity index (χ1) is 9.68. The third-order valence-corrected chi connectivity index (χ3v) is 5.19. The molecule has 2 N–H and O–H groups in total. The minimum Gasteiger partial charge on any atom is -0.480 e. The van der Waals surface area contributed by atoms with E-state index in [1.54, 1.807) is 0 Å². The molecule has 0 spiro atoms. The van der Waals surface area contributed by atoms with E-state index in [1.807, 2.05) is 0 Å². The van der Waals surface area contributed by atoms with Gasteiger partial charge in [0.05, 0.1) is 6.61 Å².